The van der Waals surface area contributed by atoms with E-state index in [1.54, 1.807) is 6.07 Å². The van der Waals surface area contributed by atoms with Crippen LogP contribution in [0.15, 0.2) is 6.07 Å². The van der Waals surface area contributed by atoms with E-state index in [1.165, 1.54) is 11.3 Å². The number of carboxylic acids is 1. The molecule has 3 nitrogen and oxygen atoms in total. The molecule has 90 valence electrons. The number of unbranched alkanes of at least 4 members (excludes halogenated alkanes) is 1. The number of aryl methyl sites for hydroxylation is 1. The van der Waals surface area contributed by atoms with Crippen LogP contribution in [-0.4, -0.2) is 21.0 Å². The molecule has 0 aliphatic carbocycles. The first-order valence-corrected chi connectivity index (χ1v) is 7.52. The first-order valence-electron chi connectivity index (χ1n) is 5.22. The van der Waals surface area contributed by atoms with Gasteiger partial charge in [-0.25, -0.2) is 4.79 Å². The van der Waals surface area contributed by atoms with E-state index in [2.05, 4.69) is 6.92 Å². The van der Waals surface area contributed by atoms with Crippen molar-refractivity contribution in [2.75, 3.05) is 5.75 Å². The van der Waals surface area contributed by atoms with Gasteiger partial charge in [-0.1, -0.05) is 13.3 Å². The Labute approximate surface area is 102 Å². The fourth-order valence-corrected chi connectivity index (χ4v) is 3.69. The Morgan fingerprint density at radius 3 is 2.75 bits per heavy atom. The first-order chi connectivity index (χ1) is 7.54. The van der Waals surface area contributed by atoms with Gasteiger partial charge in [0.05, 0.1) is 0 Å². The highest BCUT2D eigenvalue weighted by molar-refractivity contribution is 7.84. The minimum atomic E-state index is -0.904. The van der Waals surface area contributed by atoms with Gasteiger partial charge < -0.3 is 5.11 Å². The summed E-state index contributed by atoms with van der Waals surface area (Å²) in [4.78, 5) is 12.1. The van der Waals surface area contributed by atoms with Crippen LogP contribution in [0.3, 0.4) is 0 Å². The van der Waals surface area contributed by atoms with Gasteiger partial charge >= 0.3 is 5.97 Å². The van der Waals surface area contributed by atoms with Crippen molar-refractivity contribution in [2.45, 2.75) is 32.4 Å². The van der Waals surface area contributed by atoms with Crippen LogP contribution < -0.4 is 0 Å². The Balaban J connectivity index is 2.66. The molecule has 1 atom stereocenters. The van der Waals surface area contributed by atoms with Gasteiger partial charge in [0.15, 0.2) is 0 Å². The number of carbonyl (C=O) groups is 1. The Kier molecular flexibility index (Phi) is 5.15. The zero-order valence-electron chi connectivity index (χ0n) is 9.49. The van der Waals surface area contributed by atoms with Crippen molar-refractivity contribution in [3.63, 3.8) is 0 Å². The van der Waals surface area contributed by atoms with Gasteiger partial charge in [0.2, 0.25) is 0 Å². The van der Waals surface area contributed by atoms with Crippen LogP contribution in [0, 0.1) is 6.92 Å². The summed E-state index contributed by atoms with van der Waals surface area (Å²) in [5.41, 5.74) is 0.914. The van der Waals surface area contributed by atoms with Crippen LogP contribution in [0.2, 0.25) is 0 Å². The lowest BCUT2D eigenvalue weighted by Gasteiger charge is -2.00. The maximum absolute atomic E-state index is 11.7. The third-order valence-corrected chi connectivity index (χ3v) is 4.73. The third-order valence-electron chi connectivity index (χ3n) is 2.27. The molecule has 0 amide bonds. The van der Waals surface area contributed by atoms with Gasteiger partial charge in [-0.15, -0.1) is 11.3 Å². The average molecular weight is 260 g/mol. The normalized spacial score (nSPS) is 12.6. The van der Waals surface area contributed by atoms with Gasteiger partial charge in [0.1, 0.15) is 4.88 Å². The average Bonchev–Trinajstić information content (AvgIpc) is 2.57. The molecule has 0 aromatic carbocycles. The lowest BCUT2D eigenvalue weighted by atomic mass is 10.3. The van der Waals surface area contributed by atoms with Crippen LogP contribution >= 0.6 is 11.3 Å². The maximum Gasteiger partial charge on any atom is 0.345 e. The summed E-state index contributed by atoms with van der Waals surface area (Å²) >= 11 is 1.25. The number of thiophene rings is 1. The molecule has 0 saturated heterocycles. The Hall–Kier alpha value is -0.680. The molecule has 1 unspecified atom stereocenters. The number of carboxylic acid groups (broad SMARTS) is 1. The van der Waals surface area contributed by atoms with E-state index in [0.29, 0.717) is 16.4 Å². The van der Waals surface area contributed by atoms with Gasteiger partial charge in [-0.2, -0.15) is 0 Å². The molecule has 0 radical (unpaired) electrons. The fourth-order valence-electron chi connectivity index (χ4n) is 1.32. The first kappa shape index (κ1) is 13.4. The topological polar surface area (TPSA) is 54.4 Å². The smallest absolute Gasteiger partial charge is 0.345 e. The van der Waals surface area contributed by atoms with E-state index in [-0.39, 0.29) is 0 Å². The number of hydrogen-bond donors (Lipinski definition) is 1. The summed E-state index contributed by atoms with van der Waals surface area (Å²) in [6, 6.07) is 1.65. The lowest BCUT2D eigenvalue weighted by Crippen LogP contribution is -2.01. The molecule has 0 spiro atoms. The van der Waals surface area contributed by atoms with Crippen molar-refractivity contribution < 1.29 is 14.1 Å². The summed E-state index contributed by atoms with van der Waals surface area (Å²) in [5.74, 6) is 0.280. The molecule has 1 N–H and O–H groups in total. The molecular formula is C11H16O3S2. The monoisotopic (exact) mass is 260 g/mol. The van der Waals surface area contributed by atoms with Crippen molar-refractivity contribution in [1.29, 1.82) is 0 Å². The minimum Gasteiger partial charge on any atom is -0.477 e. The number of rotatable bonds is 6. The molecule has 0 fully saturated rings. The summed E-state index contributed by atoms with van der Waals surface area (Å²) in [5, 5.41) is 8.83. The second kappa shape index (κ2) is 6.15. The maximum atomic E-state index is 11.7. The van der Waals surface area contributed by atoms with Gasteiger partial charge in [0, 0.05) is 27.2 Å². The SMILES string of the molecule is CCCCS(=O)Cc1cc(C(=O)O)sc1C. The summed E-state index contributed by atoms with van der Waals surface area (Å²) in [6.45, 7) is 3.94. The van der Waals surface area contributed by atoms with Crippen molar-refractivity contribution >= 4 is 28.1 Å². The van der Waals surface area contributed by atoms with E-state index in [1.807, 2.05) is 6.92 Å². The molecule has 0 aliphatic heterocycles. The molecule has 1 aromatic heterocycles. The van der Waals surface area contributed by atoms with Crippen LogP contribution in [0.25, 0.3) is 0 Å². The van der Waals surface area contributed by atoms with Gasteiger partial charge in [0.25, 0.3) is 0 Å². The van der Waals surface area contributed by atoms with Gasteiger partial charge in [-0.05, 0) is 25.0 Å². The van der Waals surface area contributed by atoms with E-state index in [9.17, 15) is 9.00 Å². The molecule has 0 aliphatic rings. The predicted octanol–water partition coefficient (Wildman–Crippen LogP) is 2.80. The third kappa shape index (κ3) is 3.72. The molecule has 1 aromatic rings. The van der Waals surface area contributed by atoms with Crippen molar-refractivity contribution in [1.82, 2.24) is 0 Å². The highest BCUT2D eigenvalue weighted by Crippen LogP contribution is 2.23. The quantitative estimate of drug-likeness (QED) is 0.855. The Morgan fingerprint density at radius 1 is 1.56 bits per heavy atom. The highest BCUT2D eigenvalue weighted by atomic mass is 32.2. The largest absolute Gasteiger partial charge is 0.477 e. The van der Waals surface area contributed by atoms with Gasteiger partial charge in [-0.3, -0.25) is 4.21 Å². The van der Waals surface area contributed by atoms with Crippen molar-refractivity contribution in [3.05, 3.63) is 21.4 Å². The molecule has 1 heterocycles. The zero-order chi connectivity index (χ0) is 12.1. The molecule has 5 heteroatoms. The van der Waals surface area contributed by atoms with E-state index in [4.69, 9.17) is 5.11 Å². The van der Waals surface area contributed by atoms with Crippen LogP contribution in [0.1, 0.15) is 39.9 Å². The fraction of sp³-hybridized carbons (Fsp3) is 0.545. The molecule has 0 saturated carbocycles. The Morgan fingerprint density at radius 2 is 2.25 bits per heavy atom. The second-order valence-electron chi connectivity index (χ2n) is 3.64. The predicted molar refractivity (Wildman–Crippen MR) is 67.6 cm³/mol. The van der Waals surface area contributed by atoms with E-state index in [0.717, 1.165) is 23.3 Å². The molecule has 1 rings (SSSR count). The van der Waals surface area contributed by atoms with Crippen molar-refractivity contribution in [3.8, 4) is 0 Å². The molecule has 16 heavy (non-hydrogen) atoms. The second-order valence-corrected chi connectivity index (χ2v) is 6.47. The van der Waals surface area contributed by atoms with Crippen LogP contribution in [0.4, 0.5) is 0 Å². The van der Waals surface area contributed by atoms with Crippen LogP contribution in [-0.2, 0) is 16.6 Å². The Bertz CT molecular complexity index is 396. The summed E-state index contributed by atoms with van der Waals surface area (Å²) in [7, 11) is -0.867. The zero-order valence-corrected chi connectivity index (χ0v) is 11.1. The lowest BCUT2D eigenvalue weighted by molar-refractivity contribution is 0.0702. The standard InChI is InChI=1S/C11H16O3S2/c1-3-4-5-16(14)7-9-6-10(11(12)13)15-8(9)2/h6H,3-5,7H2,1-2H3,(H,12,13). The number of aromatic carboxylic acids is 1. The van der Waals surface area contributed by atoms with E-state index < -0.39 is 16.8 Å². The van der Waals surface area contributed by atoms with E-state index >= 15 is 0 Å². The summed E-state index contributed by atoms with van der Waals surface area (Å²) in [6.07, 6.45) is 2.00. The number of hydrogen-bond acceptors (Lipinski definition) is 3. The molecule has 0 bridgehead atoms. The summed E-state index contributed by atoms with van der Waals surface area (Å²) < 4.78 is 11.7. The minimum absolute atomic E-state index is 0.333. The highest BCUT2D eigenvalue weighted by Gasteiger charge is 2.12. The molecular weight excluding hydrogens is 244 g/mol. The van der Waals surface area contributed by atoms with Crippen molar-refractivity contribution in [2.24, 2.45) is 0 Å². The van der Waals surface area contributed by atoms with Crippen LogP contribution in [0.5, 0.6) is 0 Å².